The van der Waals surface area contributed by atoms with Crippen molar-refractivity contribution in [2.75, 3.05) is 0 Å². The zero-order valence-electron chi connectivity index (χ0n) is 10.5. The van der Waals surface area contributed by atoms with Gasteiger partial charge in [-0.05, 0) is 24.8 Å². The van der Waals surface area contributed by atoms with E-state index < -0.39 is 17.4 Å². The molecule has 0 heterocycles. The highest BCUT2D eigenvalue weighted by Gasteiger charge is 2.45. The van der Waals surface area contributed by atoms with Crippen LogP contribution in [-0.2, 0) is 16.0 Å². The van der Waals surface area contributed by atoms with Crippen LogP contribution in [0, 0.1) is 17.8 Å². The Kier molecular flexibility index (Phi) is 5.13. The number of hydrogen-bond acceptors (Lipinski definition) is 2. The molecule has 0 spiro atoms. The minimum atomic E-state index is -1.87. The van der Waals surface area contributed by atoms with Crippen molar-refractivity contribution in [2.45, 2.75) is 25.7 Å². The number of hydrogen-bond donors (Lipinski definition) is 2. The molecule has 0 amide bonds. The van der Waals surface area contributed by atoms with Crippen molar-refractivity contribution in [3.05, 3.63) is 35.9 Å². The Balaban J connectivity index is 2.72. The molecular weight excluding hydrogens is 244 g/mol. The summed E-state index contributed by atoms with van der Waals surface area (Å²) < 4.78 is 0. The first-order chi connectivity index (χ1) is 9.03. The fraction of sp³-hybridized carbons (Fsp3) is 0.333. The van der Waals surface area contributed by atoms with Gasteiger partial charge < -0.3 is 10.2 Å². The number of benzene rings is 1. The van der Waals surface area contributed by atoms with Gasteiger partial charge in [0.15, 0.2) is 5.41 Å². The Labute approximate surface area is 112 Å². The van der Waals surface area contributed by atoms with Gasteiger partial charge in [0.2, 0.25) is 0 Å². The first kappa shape index (κ1) is 14.8. The molecule has 0 atom stereocenters. The molecule has 4 heteroatoms. The van der Waals surface area contributed by atoms with Crippen molar-refractivity contribution in [2.24, 2.45) is 5.41 Å². The summed E-state index contributed by atoms with van der Waals surface area (Å²) in [6, 6.07) is 9.51. The van der Waals surface area contributed by atoms with E-state index in [4.69, 9.17) is 16.6 Å². The number of aryl methyl sites for hydroxylation is 1. The molecule has 0 aliphatic carbocycles. The van der Waals surface area contributed by atoms with Crippen molar-refractivity contribution in [1.82, 2.24) is 0 Å². The third kappa shape index (κ3) is 3.59. The predicted octanol–water partition coefficient (Wildman–Crippen LogP) is 2.19. The minimum Gasteiger partial charge on any atom is -0.480 e. The lowest BCUT2D eigenvalue weighted by Gasteiger charge is -2.22. The standard InChI is InChI=1S/C15H16O4/c1-2-10-15(13(16)17,14(18)19)11-6-9-12-7-4-3-5-8-12/h1,3-5,7-8H,6,9-11H2,(H,16,17)(H,18,19). The molecule has 1 rings (SSSR count). The average Bonchev–Trinajstić information content (AvgIpc) is 2.38. The highest BCUT2D eigenvalue weighted by atomic mass is 16.4. The molecule has 19 heavy (non-hydrogen) atoms. The highest BCUT2D eigenvalue weighted by Crippen LogP contribution is 2.29. The van der Waals surface area contributed by atoms with E-state index >= 15 is 0 Å². The molecule has 4 nitrogen and oxygen atoms in total. The van der Waals surface area contributed by atoms with E-state index in [0.29, 0.717) is 12.8 Å². The fourth-order valence-corrected chi connectivity index (χ4v) is 1.96. The number of carboxylic acid groups (broad SMARTS) is 2. The van der Waals surface area contributed by atoms with E-state index in [1.165, 1.54) is 0 Å². The first-order valence-corrected chi connectivity index (χ1v) is 5.97. The van der Waals surface area contributed by atoms with Gasteiger partial charge in [0, 0.05) is 6.42 Å². The molecule has 2 N–H and O–H groups in total. The Morgan fingerprint density at radius 3 is 2.21 bits per heavy atom. The van der Waals surface area contributed by atoms with Gasteiger partial charge in [-0.2, -0.15) is 0 Å². The van der Waals surface area contributed by atoms with Crippen LogP contribution in [0.2, 0.25) is 0 Å². The van der Waals surface area contributed by atoms with Gasteiger partial charge in [-0.1, -0.05) is 30.3 Å². The van der Waals surface area contributed by atoms with Crippen LogP contribution in [0.1, 0.15) is 24.8 Å². The number of carboxylic acids is 2. The van der Waals surface area contributed by atoms with Crippen LogP contribution >= 0.6 is 0 Å². The Bertz CT molecular complexity index is 471. The largest absolute Gasteiger partial charge is 0.480 e. The summed E-state index contributed by atoms with van der Waals surface area (Å²) in [5, 5.41) is 18.3. The molecule has 0 aliphatic rings. The number of terminal acetylenes is 1. The molecule has 100 valence electrons. The molecule has 0 bridgehead atoms. The average molecular weight is 260 g/mol. The molecule has 0 saturated heterocycles. The molecule has 0 unspecified atom stereocenters. The zero-order chi connectivity index (χ0) is 14.3. The molecule has 1 aromatic carbocycles. The maximum Gasteiger partial charge on any atom is 0.322 e. The Morgan fingerprint density at radius 2 is 1.74 bits per heavy atom. The van der Waals surface area contributed by atoms with Gasteiger partial charge in [-0.15, -0.1) is 12.3 Å². The quantitative estimate of drug-likeness (QED) is 0.582. The van der Waals surface area contributed by atoms with Gasteiger partial charge in [-0.3, -0.25) is 9.59 Å². The second-order valence-corrected chi connectivity index (χ2v) is 4.41. The van der Waals surface area contributed by atoms with Crippen molar-refractivity contribution >= 4 is 11.9 Å². The number of carbonyl (C=O) groups is 2. The monoisotopic (exact) mass is 260 g/mol. The Morgan fingerprint density at radius 1 is 1.16 bits per heavy atom. The second-order valence-electron chi connectivity index (χ2n) is 4.41. The second kappa shape index (κ2) is 6.60. The van der Waals surface area contributed by atoms with Crippen LogP contribution in [0.25, 0.3) is 0 Å². The lowest BCUT2D eigenvalue weighted by molar-refractivity contribution is -0.165. The molecule has 1 aromatic rings. The van der Waals surface area contributed by atoms with Crippen LogP contribution in [-0.4, -0.2) is 22.2 Å². The lowest BCUT2D eigenvalue weighted by Crippen LogP contribution is -2.39. The first-order valence-electron chi connectivity index (χ1n) is 5.97. The van der Waals surface area contributed by atoms with E-state index in [2.05, 4.69) is 5.92 Å². The Hall–Kier alpha value is -2.28. The van der Waals surface area contributed by atoms with E-state index in [9.17, 15) is 9.59 Å². The summed E-state index contributed by atoms with van der Waals surface area (Å²) in [6.45, 7) is 0. The van der Waals surface area contributed by atoms with Crippen molar-refractivity contribution in [3.63, 3.8) is 0 Å². The molecule has 0 fully saturated rings. The van der Waals surface area contributed by atoms with Crippen LogP contribution < -0.4 is 0 Å². The summed E-state index contributed by atoms with van der Waals surface area (Å²) >= 11 is 0. The van der Waals surface area contributed by atoms with Gasteiger partial charge in [0.05, 0.1) is 0 Å². The van der Waals surface area contributed by atoms with Crippen molar-refractivity contribution in [3.8, 4) is 12.3 Å². The number of rotatable bonds is 7. The third-order valence-electron chi connectivity index (χ3n) is 3.13. The number of aliphatic carboxylic acids is 2. The van der Waals surface area contributed by atoms with E-state index in [-0.39, 0.29) is 12.8 Å². The van der Waals surface area contributed by atoms with Crippen molar-refractivity contribution in [1.29, 1.82) is 0 Å². The van der Waals surface area contributed by atoms with Crippen molar-refractivity contribution < 1.29 is 19.8 Å². The van der Waals surface area contributed by atoms with Crippen LogP contribution in [0.5, 0.6) is 0 Å². The van der Waals surface area contributed by atoms with E-state index in [1.807, 2.05) is 30.3 Å². The summed E-state index contributed by atoms with van der Waals surface area (Å²) in [7, 11) is 0. The van der Waals surface area contributed by atoms with E-state index in [0.717, 1.165) is 5.56 Å². The maximum atomic E-state index is 11.2. The fourth-order valence-electron chi connectivity index (χ4n) is 1.96. The topological polar surface area (TPSA) is 74.6 Å². The zero-order valence-corrected chi connectivity index (χ0v) is 10.5. The van der Waals surface area contributed by atoms with Crippen LogP contribution in [0.4, 0.5) is 0 Å². The summed E-state index contributed by atoms with van der Waals surface area (Å²) in [6.07, 6.45) is 5.92. The molecule has 0 aliphatic heterocycles. The highest BCUT2D eigenvalue weighted by molar-refractivity contribution is 5.98. The molecular formula is C15H16O4. The summed E-state index contributed by atoms with van der Waals surface area (Å²) in [5.41, 5.74) is -0.823. The third-order valence-corrected chi connectivity index (χ3v) is 3.13. The minimum absolute atomic E-state index is 0.0246. The molecule has 0 radical (unpaired) electrons. The van der Waals surface area contributed by atoms with Gasteiger partial charge in [-0.25, -0.2) is 0 Å². The SMILES string of the molecule is C#CCC(CCCc1ccccc1)(C(=O)O)C(=O)O. The molecule has 0 aromatic heterocycles. The van der Waals surface area contributed by atoms with Gasteiger partial charge in [0.1, 0.15) is 0 Å². The lowest BCUT2D eigenvalue weighted by atomic mass is 9.79. The molecule has 0 saturated carbocycles. The van der Waals surface area contributed by atoms with Gasteiger partial charge >= 0.3 is 11.9 Å². The predicted molar refractivity (Wildman–Crippen MR) is 70.5 cm³/mol. The van der Waals surface area contributed by atoms with Crippen LogP contribution in [0.15, 0.2) is 30.3 Å². The smallest absolute Gasteiger partial charge is 0.322 e. The summed E-state index contributed by atoms with van der Waals surface area (Å²) in [5.74, 6) is -0.581. The normalized spacial score (nSPS) is 10.7. The van der Waals surface area contributed by atoms with Gasteiger partial charge in [0.25, 0.3) is 0 Å². The maximum absolute atomic E-state index is 11.2. The van der Waals surface area contributed by atoms with Crippen LogP contribution in [0.3, 0.4) is 0 Å². The summed E-state index contributed by atoms with van der Waals surface area (Å²) in [4.78, 5) is 22.4. The van der Waals surface area contributed by atoms with E-state index in [1.54, 1.807) is 0 Å².